The van der Waals surface area contributed by atoms with Crippen LogP contribution in [0.1, 0.15) is 12.0 Å². The second-order valence-corrected chi connectivity index (χ2v) is 2.97. The lowest BCUT2D eigenvalue weighted by Crippen LogP contribution is -2.19. The second-order valence-electron chi connectivity index (χ2n) is 2.59. The molecule has 3 nitrogen and oxygen atoms in total. The number of hydrogen-bond acceptors (Lipinski definition) is 3. The first-order valence-corrected chi connectivity index (χ1v) is 4.08. The number of aromatic nitrogens is 1. The normalized spacial score (nSPS) is 11.9. The van der Waals surface area contributed by atoms with Gasteiger partial charge in [-0.15, -0.1) is 13.2 Å². The Kier molecular flexibility index (Phi) is 3.41. The molecule has 0 fully saturated rings. The first kappa shape index (κ1) is 12.8. The van der Waals surface area contributed by atoms with Gasteiger partial charge in [-0.2, -0.15) is 0 Å². The Morgan fingerprint density at radius 1 is 1.38 bits per heavy atom. The topological polar surface area (TPSA) is 48.1 Å². The molecule has 0 bridgehead atoms. The standard InChI is InChI=1S/C7H4ClF5N2O/c8-3-2(5(9)10)1-15-6(14)4(3)16-7(11,12)13/h1,5H,(H2,14,15). The summed E-state index contributed by atoms with van der Waals surface area (Å²) in [5.41, 5.74) is 4.15. The molecule has 0 amide bonds. The van der Waals surface area contributed by atoms with E-state index in [2.05, 4.69) is 9.72 Å². The van der Waals surface area contributed by atoms with Crippen molar-refractivity contribution < 1.29 is 26.7 Å². The minimum atomic E-state index is -5.08. The number of halogens is 6. The van der Waals surface area contributed by atoms with Crippen molar-refractivity contribution in [3.63, 3.8) is 0 Å². The zero-order valence-electron chi connectivity index (χ0n) is 7.36. The number of nitrogen functional groups attached to an aromatic ring is 1. The van der Waals surface area contributed by atoms with Crippen LogP contribution >= 0.6 is 11.6 Å². The highest BCUT2D eigenvalue weighted by Crippen LogP contribution is 2.39. The highest BCUT2D eigenvalue weighted by molar-refractivity contribution is 6.33. The van der Waals surface area contributed by atoms with Gasteiger partial charge in [0.05, 0.1) is 10.6 Å². The largest absolute Gasteiger partial charge is 0.573 e. The predicted molar refractivity (Wildman–Crippen MR) is 45.3 cm³/mol. The van der Waals surface area contributed by atoms with Gasteiger partial charge in [0.1, 0.15) is 0 Å². The molecule has 16 heavy (non-hydrogen) atoms. The summed E-state index contributed by atoms with van der Waals surface area (Å²) >= 11 is 5.29. The number of nitrogens with two attached hydrogens (primary N) is 1. The van der Waals surface area contributed by atoms with Crippen LogP contribution in [0.4, 0.5) is 27.8 Å². The van der Waals surface area contributed by atoms with Crippen molar-refractivity contribution in [3.8, 4) is 5.75 Å². The molecule has 0 atom stereocenters. The molecule has 1 aromatic heterocycles. The highest BCUT2D eigenvalue weighted by atomic mass is 35.5. The summed E-state index contributed by atoms with van der Waals surface area (Å²) < 4.78 is 63.6. The van der Waals surface area contributed by atoms with Crippen molar-refractivity contribution >= 4 is 17.4 Å². The van der Waals surface area contributed by atoms with Gasteiger partial charge >= 0.3 is 6.36 Å². The van der Waals surface area contributed by atoms with Crippen LogP contribution in [0.25, 0.3) is 0 Å². The first-order valence-electron chi connectivity index (χ1n) is 3.70. The molecule has 0 radical (unpaired) electrons. The number of pyridine rings is 1. The number of alkyl halides is 5. The van der Waals surface area contributed by atoms with Crippen molar-refractivity contribution in [1.29, 1.82) is 0 Å². The Hall–Kier alpha value is -1.31. The maximum atomic E-state index is 12.3. The smallest absolute Gasteiger partial charge is 0.400 e. The van der Waals surface area contributed by atoms with E-state index >= 15 is 0 Å². The molecule has 1 heterocycles. The third-order valence-corrected chi connectivity index (χ3v) is 1.87. The lowest BCUT2D eigenvalue weighted by atomic mass is 10.2. The number of hydrogen-bond donors (Lipinski definition) is 1. The summed E-state index contributed by atoms with van der Waals surface area (Å²) in [4.78, 5) is 3.13. The molecular formula is C7H4ClF5N2O. The summed E-state index contributed by atoms with van der Waals surface area (Å²) in [6, 6.07) is 0. The summed E-state index contributed by atoms with van der Waals surface area (Å²) in [5, 5.41) is -0.903. The van der Waals surface area contributed by atoms with E-state index in [0.717, 1.165) is 0 Å². The molecule has 0 aliphatic carbocycles. The van der Waals surface area contributed by atoms with Gasteiger partial charge < -0.3 is 10.5 Å². The van der Waals surface area contributed by atoms with E-state index in [1.165, 1.54) is 0 Å². The Morgan fingerprint density at radius 3 is 2.38 bits per heavy atom. The van der Waals surface area contributed by atoms with Crippen molar-refractivity contribution in [2.75, 3.05) is 5.73 Å². The summed E-state index contributed by atoms with van der Waals surface area (Å²) in [6.07, 6.45) is -7.57. The molecule has 0 aromatic carbocycles. The highest BCUT2D eigenvalue weighted by Gasteiger charge is 2.34. The average Bonchev–Trinajstić information content (AvgIpc) is 2.10. The van der Waals surface area contributed by atoms with E-state index in [0.29, 0.717) is 6.20 Å². The molecule has 0 unspecified atom stereocenters. The summed E-state index contributed by atoms with van der Waals surface area (Å²) in [5.74, 6) is -1.83. The summed E-state index contributed by atoms with van der Waals surface area (Å²) in [7, 11) is 0. The van der Waals surface area contributed by atoms with E-state index < -0.39 is 34.9 Å². The van der Waals surface area contributed by atoms with E-state index in [1.54, 1.807) is 0 Å². The molecule has 0 aliphatic heterocycles. The second kappa shape index (κ2) is 4.28. The number of ether oxygens (including phenoxy) is 1. The van der Waals surface area contributed by atoms with E-state index in [9.17, 15) is 22.0 Å². The molecule has 90 valence electrons. The third-order valence-electron chi connectivity index (χ3n) is 1.48. The van der Waals surface area contributed by atoms with Crippen LogP contribution in [0, 0.1) is 0 Å². The van der Waals surface area contributed by atoms with Crippen LogP contribution in [-0.2, 0) is 0 Å². The van der Waals surface area contributed by atoms with Gasteiger partial charge in [0.15, 0.2) is 11.6 Å². The molecule has 1 rings (SSSR count). The molecule has 0 saturated carbocycles. The van der Waals surface area contributed by atoms with Crippen LogP contribution in [0.5, 0.6) is 5.75 Å². The first-order chi connectivity index (χ1) is 7.22. The molecule has 0 aliphatic rings. The Morgan fingerprint density at radius 2 is 1.94 bits per heavy atom. The SMILES string of the molecule is Nc1ncc(C(F)F)c(Cl)c1OC(F)(F)F. The fourth-order valence-corrected chi connectivity index (χ4v) is 1.13. The Bertz CT molecular complexity index is 395. The van der Waals surface area contributed by atoms with E-state index in [4.69, 9.17) is 17.3 Å². The molecule has 9 heteroatoms. The maximum absolute atomic E-state index is 12.3. The molecule has 0 spiro atoms. The fourth-order valence-electron chi connectivity index (χ4n) is 0.863. The molecule has 1 aromatic rings. The quantitative estimate of drug-likeness (QED) is 0.833. The van der Waals surface area contributed by atoms with Crippen molar-refractivity contribution in [3.05, 3.63) is 16.8 Å². The van der Waals surface area contributed by atoms with Crippen molar-refractivity contribution in [1.82, 2.24) is 4.98 Å². The zero-order chi connectivity index (χ0) is 12.5. The van der Waals surface area contributed by atoms with Crippen LogP contribution in [0.15, 0.2) is 6.20 Å². The molecular weight excluding hydrogens is 259 g/mol. The van der Waals surface area contributed by atoms with Gasteiger partial charge in [-0.25, -0.2) is 13.8 Å². The van der Waals surface area contributed by atoms with Gasteiger partial charge in [0, 0.05) is 6.20 Å². The zero-order valence-corrected chi connectivity index (χ0v) is 8.11. The minimum absolute atomic E-state index is 0.589. The minimum Gasteiger partial charge on any atom is -0.400 e. The van der Waals surface area contributed by atoms with Crippen molar-refractivity contribution in [2.45, 2.75) is 12.8 Å². The van der Waals surface area contributed by atoms with Gasteiger partial charge in [0.25, 0.3) is 6.43 Å². The fraction of sp³-hybridized carbons (Fsp3) is 0.286. The third kappa shape index (κ3) is 2.84. The summed E-state index contributed by atoms with van der Waals surface area (Å²) in [6.45, 7) is 0. The predicted octanol–water partition coefficient (Wildman–Crippen LogP) is 3.15. The van der Waals surface area contributed by atoms with Crippen LogP contribution in [-0.4, -0.2) is 11.3 Å². The average molecular weight is 263 g/mol. The van der Waals surface area contributed by atoms with Crippen LogP contribution in [0.3, 0.4) is 0 Å². The lowest BCUT2D eigenvalue weighted by molar-refractivity contribution is -0.274. The molecule has 2 N–H and O–H groups in total. The van der Waals surface area contributed by atoms with Gasteiger partial charge in [-0.3, -0.25) is 0 Å². The Labute approximate surface area is 91.0 Å². The number of nitrogens with zero attached hydrogens (tertiary/aromatic N) is 1. The van der Waals surface area contributed by atoms with Crippen molar-refractivity contribution in [2.24, 2.45) is 0 Å². The number of anilines is 1. The molecule has 0 saturated heterocycles. The van der Waals surface area contributed by atoms with E-state index in [-0.39, 0.29) is 0 Å². The maximum Gasteiger partial charge on any atom is 0.573 e. The Balaban J connectivity index is 3.21. The monoisotopic (exact) mass is 262 g/mol. The van der Waals surface area contributed by atoms with Crippen LogP contribution < -0.4 is 10.5 Å². The van der Waals surface area contributed by atoms with E-state index in [1.807, 2.05) is 0 Å². The number of rotatable bonds is 2. The lowest BCUT2D eigenvalue weighted by Gasteiger charge is -2.13. The van der Waals surface area contributed by atoms with Gasteiger partial charge in [-0.1, -0.05) is 11.6 Å². The van der Waals surface area contributed by atoms with Crippen LogP contribution in [0.2, 0.25) is 5.02 Å². The van der Waals surface area contributed by atoms with Gasteiger partial charge in [-0.05, 0) is 0 Å². The van der Waals surface area contributed by atoms with Gasteiger partial charge in [0.2, 0.25) is 0 Å².